The third kappa shape index (κ3) is 3.60. The standard InChI is InChI=1S/C17H21N3O/c1-3-4-11-21-16-8-6-5-7-14(16)15-10-9-13(17(18)19)12(2)20-15/h5-10H,3-4,11H2,1-2H3,(H3,18,19). The van der Waals surface area contributed by atoms with Gasteiger partial charge in [0, 0.05) is 16.8 Å². The number of nitrogens with one attached hydrogen (secondary N) is 1. The topological polar surface area (TPSA) is 72.0 Å². The van der Waals surface area contributed by atoms with Crippen molar-refractivity contribution in [3.05, 3.63) is 47.7 Å². The second-order valence-electron chi connectivity index (χ2n) is 4.94. The molecule has 0 saturated carbocycles. The molecule has 0 spiro atoms. The van der Waals surface area contributed by atoms with E-state index < -0.39 is 0 Å². The molecule has 3 N–H and O–H groups in total. The SMILES string of the molecule is CCCCOc1ccccc1-c1ccc(C(=N)N)c(C)n1. The van der Waals surface area contributed by atoms with Gasteiger partial charge in [0.15, 0.2) is 0 Å². The van der Waals surface area contributed by atoms with Crippen LogP contribution in [0.15, 0.2) is 36.4 Å². The largest absolute Gasteiger partial charge is 0.493 e. The summed E-state index contributed by atoms with van der Waals surface area (Å²) in [6, 6.07) is 11.6. The molecule has 0 unspecified atom stereocenters. The number of pyridine rings is 1. The molecule has 1 heterocycles. The van der Waals surface area contributed by atoms with E-state index in [0.29, 0.717) is 12.2 Å². The van der Waals surface area contributed by atoms with Crippen LogP contribution in [0.2, 0.25) is 0 Å². The predicted molar refractivity (Wildman–Crippen MR) is 85.8 cm³/mol. The monoisotopic (exact) mass is 283 g/mol. The molecule has 0 fully saturated rings. The molecule has 4 heteroatoms. The second kappa shape index (κ2) is 6.88. The first-order chi connectivity index (χ1) is 10.1. The van der Waals surface area contributed by atoms with Crippen molar-refractivity contribution in [3.63, 3.8) is 0 Å². The highest BCUT2D eigenvalue weighted by atomic mass is 16.5. The van der Waals surface area contributed by atoms with Gasteiger partial charge in [0.1, 0.15) is 11.6 Å². The Morgan fingerprint density at radius 1 is 1.24 bits per heavy atom. The fraction of sp³-hybridized carbons (Fsp3) is 0.294. The minimum Gasteiger partial charge on any atom is -0.493 e. The first-order valence-corrected chi connectivity index (χ1v) is 7.17. The summed E-state index contributed by atoms with van der Waals surface area (Å²) in [6.07, 6.45) is 2.14. The number of unbranched alkanes of at least 4 members (excludes halogenated alkanes) is 1. The van der Waals surface area contributed by atoms with E-state index in [1.165, 1.54) is 0 Å². The number of nitrogens with zero attached hydrogens (tertiary/aromatic N) is 1. The Balaban J connectivity index is 2.33. The van der Waals surface area contributed by atoms with E-state index in [0.717, 1.165) is 35.5 Å². The minimum absolute atomic E-state index is 0.0408. The third-order valence-corrected chi connectivity index (χ3v) is 3.29. The molecule has 2 rings (SSSR count). The van der Waals surface area contributed by atoms with Gasteiger partial charge in [-0.05, 0) is 37.6 Å². The number of para-hydroxylation sites is 1. The van der Waals surface area contributed by atoms with Crippen LogP contribution in [0.25, 0.3) is 11.3 Å². The van der Waals surface area contributed by atoms with Gasteiger partial charge < -0.3 is 10.5 Å². The summed E-state index contributed by atoms with van der Waals surface area (Å²) in [7, 11) is 0. The van der Waals surface area contributed by atoms with Crippen molar-refractivity contribution in [2.24, 2.45) is 5.73 Å². The highest BCUT2D eigenvalue weighted by molar-refractivity contribution is 5.96. The van der Waals surface area contributed by atoms with Gasteiger partial charge in [-0.2, -0.15) is 0 Å². The fourth-order valence-corrected chi connectivity index (χ4v) is 2.13. The van der Waals surface area contributed by atoms with Crippen LogP contribution >= 0.6 is 0 Å². The van der Waals surface area contributed by atoms with Crippen molar-refractivity contribution in [2.45, 2.75) is 26.7 Å². The fourth-order valence-electron chi connectivity index (χ4n) is 2.13. The lowest BCUT2D eigenvalue weighted by Crippen LogP contribution is -2.13. The predicted octanol–water partition coefficient (Wildman–Crippen LogP) is 3.52. The van der Waals surface area contributed by atoms with Crippen LogP contribution < -0.4 is 10.5 Å². The van der Waals surface area contributed by atoms with Crippen LogP contribution in [-0.2, 0) is 0 Å². The smallest absolute Gasteiger partial charge is 0.128 e. The van der Waals surface area contributed by atoms with Gasteiger partial charge in [0.05, 0.1) is 12.3 Å². The van der Waals surface area contributed by atoms with Gasteiger partial charge in [-0.1, -0.05) is 25.5 Å². The summed E-state index contributed by atoms with van der Waals surface area (Å²) in [6.45, 7) is 4.71. The average Bonchev–Trinajstić information content (AvgIpc) is 2.47. The van der Waals surface area contributed by atoms with Gasteiger partial charge in [-0.15, -0.1) is 0 Å². The Labute approximate surface area is 125 Å². The van der Waals surface area contributed by atoms with E-state index in [1.807, 2.05) is 43.3 Å². The Hall–Kier alpha value is -2.36. The zero-order chi connectivity index (χ0) is 15.2. The molecule has 1 aromatic carbocycles. The van der Waals surface area contributed by atoms with Crippen molar-refractivity contribution >= 4 is 5.84 Å². The summed E-state index contributed by atoms with van der Waals surface area (Å²) < 4.78 is 5.84. The lowest BCUT2D eigenvalue weighted by Gasteiger charge is -2.12. The zero-order valence-electron chi connectivity index (χ0n) is 12.5. The van der Waals surface area contributed by atoms with Crippen molar-refractivity contribution in [2.75, 3.05) is 6.61 Å². The Morgan fingerprint density at radius 2 is 2.00 bits per heavy atom. The molecule has 0 aliphatic carbocycles. The Morgan fingerprint density at radius 3 is 2.67 bits per heavy atom. The number of ether oxygens (including phenoxy) is 1. The number of nitrogen functional groups attached to an aromatic ring is 1. The van der Waals surface area contributed by atoms with Crippen LogP contribution in [0, 0.1) is 12.3 Å². The number of amidine groups is 1. The van der Waals surface area contributed by atoms with E-state index in [9.17, 15) is 0 Å². The van der Waals surface area contributed by atoms with E-state index in [-0.39, 0.29) is 5.84 Å². The van der Waals surface area contributed by atoms with E-state index >= 15 is 0 Å². The van der Waals surface area contributed by atoms with Gasteiger partial charge in [0.2, 0.25) is 0 Å². The third-order valence-electron chi connectivity index (χ3n) is 3.29. The molecule has 110 valence electrons. The van der Waals surface area contributed by atoms with Crippen molar-refractivity contribution in [3.8, 4) is 17.0 Å². The normalized spacial score (nSPS) is 10.4. The van der Waals surface area contributed by atoms with Gasteiger partial charge >= 0.3 is 0 Å². The molecule has 0 saturated heterocycles. The minimum atomic E-state index is 0.0408. The summed E-state index contributed by atoms with van der Waals surface area (Å²) in [5.74, 6) is 0.882. The molecule has 4 nitrogen and oxygen atoms in total. The molecule has 0 bridgehead atoms. The van der Waals surface area contributed by atoms with Crippen LogP contribution in [0.4, 0.5) is 0 Å². The van der Waals surface area contributed by atoms with Crippen LogP contribution in [-0.4, -0.2) is 17.4 Å². The molecule has 1 aromatic heterocycles. The number of nitrogens with two attached hydrogens (primary N) is 1. The maximum atomic E-state index is 7.52. The highest BCUT2D eigenvalue weighted by Gasteiger charge is 2.10. The van der Waals surface area contributed by atoms with E-state index in [2.05, 4.69) is 11.9 Å². The van der Waals surface area contributed by atoms with E-state index in [1.54, 1.807) is 0 Å². The number of hydrogen-bond acceptors (Lipinski definition) is 3. The van der Waals surface area contributed by atoms with Gasteiger partial charge in [-0.3, -0.25) is 10.4 Å². The first-order valence-electron chi connectivity index (χ1n) is 7.17. The number of aromatic nitrogens is 1. The molecule has 0 aliphatic heterocycles. The lowest BCUT2D eigenvalue weighted by molar-refractivity contribution is 0.310. The molecule has 0 atom stereocenters. The maximum absolute atomic E-state index is 7.52. The Kier molecular flexibility index (Phi) is 4.93. The summed E-state index contributed by atoms with van der Waals surface area (Å²) in [4.78, 5) is 4.55. The highest BCUT2D eigenvalue weighted by Crippen LogP contribution is 2.29. The number of aryl methyl sites for hydroxylation is 1. The average molecular weight is 283 g/mol. The molecule has 0 radical (unpaired) electrons. The number of rotatable bonds is 6. The van der Waals surface area contributed by atoms with Crippen molar-refractivity contribution < 1.29 is 4.74 Å². The summed E-state index contributed by atoms with van der Waals surface area (Å²) >= 11 is 0. The van der Waals surface area contributed by atoms with Gasteiger partial charge in [-0.25, -0.2) is 0 Å². The molecule has 21 heavy (non-hydrogen) atoms. The molecular formula is C17H21N3O. The summed E-state index contributed by atoms with van der Waals surface area (Å²) in [5.41, 5.74) is 8.76. The quantitative estimate of drug-likeness (QED) is 0.484. The first kappa shape index (κ1) is 15.0. The van der Waals surface area contributed by atoms with Crippen molar-refractivity contribution in [1.82, 2.24) is 4.98 Å². The maximum Gasteiger partial charge on any atom is 0.128 e. The number of benzene rings is 1. The number of hydrogen-bond donors (Lipinski definition) is 2. The second-order valence-corrected chi connectivity index (χ2v) is 4.94. The molecule has 2 aromatic rings. The Bertz CT molecular complexity index is 638. The van der Waals surface area contributed by atoms with Crippen LogP contribution in [0.1, 0.15) is 31.0 Å². The van der Waals surface area contributed by atoms with Crippen molar-refractivity contribution in [1.29, 1.82) is 5.41 Å². The van der Waals surface area contributed by atoms with Crippen LogP contribution in [0.3, 0.4) is 0 Å². The lowest BCUT2D eigenvalue weighted by atomic mass is 10.1. The molecule has 0 amide bonds. The zero-order valence-corrected chi connectivity index (χ0v) is 12.5. The molecular weight excluding hydrogens is 262 g/mol. The van der Waals surface area contributed by atoms with E-state index in [4.69, 9.17) is 15.9 Å². The summed E-state index contributed by atoms with van der Waals surface area (Å²) in [5, 5.41) is 7.52. The van der Waals surface area contributed by atoms with Gasteiger partial charge in [0.25, 0.3) is 0 Å². The molecule has 0 aliphatic rings. The van der Waals surface area contributed by atoms with Crippen LogP contribution in [0.5, 0.6) is 5.75 Å².